The maximum atomic E-state index is 12.1. The number of rotatable bonds is 2. The van der Waals surface area contributed by atoms with Crippen molar-refractivity contribution in [2.45, 2.75) is 12.6 Å². The molecule has 0 aliphatic rings. The molecule has 3 nitrogen and oxygen atoms in total. The van der Waals surface area contributed by atoms with E-state index in [9.17, 15) is 18.0 Å². The molecule has 1 rings (SSSR count). The number of aliphatic carboxylic acids is 1. The van der Waals surface area contributed by atoms with Crippen molar-refractivity contribution < 1.29 is 43.4 Å². The first-order valence-electron chi connectivity index (χ1n) is 3.63. The Hall–Kier alpha value is -0.993. The standard InChI is InChI=1S/C8H6F3NO2.Li.H/c9-8(10,11)5-1-2-12-6(3-5)4-7(13)14;;/h1-3H,4H2,(H,13,14);;/q;+1;-1. The maximum Gasteiger partial charge on any atom is 1.00 e. The molecular weight excluding hydrogens is 206 g/mol. The molecular formula is C8H7F3LiNO2. The predicted molar refractivity (Wildman–Crippen MR) is 41.7 cm³/mol. The molecule has 0 atom stereocenters. The van der Waals surface area contributed by atoms with Gasteiger partial charge in [-0.05, 0) is 12.1 Å². The van der Waals surface area contributed by atoms with Crippen molar-refractivity contribution in [1.29, 1.82) is 0 Å². The molecule has 1 aromatic rings. The van der Waals surface area contributed by atoms with Gasteiger partial charge >= 0.3 is 31.0 Å². The first-order chi connectivity index (χ1) is 6.39. The van der Waals surface area contributed by atoms with E-state index >= 15 is 0 Å². The van der Waals surface area contributed by atoms with Crippen LogP contribution in [0.15, 0.2) is 18.3 Å². The summed E-state index contributed by atoms with van der Waals surface area (Å²) < 4.78 is 36.4. The van der Waals surface area contributed by atoms with Crippen LogP contribution >= 0.6 is 0 Å². The first kappa shape index (κ1) is 14.0. The summed E-state index contributed by atoms with van der Waals surface area (Å²) in [5.74, 6) is -1.21. The predicted octanol–water partition coefficient (Wildman–Crippen LogP) is -1.16. The second kappa shape index (κ2) is 5.19. The number of pyridine rings is 1. The van der Waals surface area contributed by atoms with Gasteiger partial charge in [0.1, 0.15) is 0 Å². The van der Waals surface area contributed by atoms with Crippen LogP contribution < -0.4 is 18.9 Å². The number of carboxylic acids is 1. The molecule has 0 aliphatic heterocycles. The van der Waals surface area contributed by atoms with Crippen molar-refractivity contribution in [2.24, 2.45) is 0 Å². The van der Waals surface area contributed by atoms with Crippen LogP contribution in [0.1, 0.15) is 12.7 Å². The molecule has 15 heavy (non-hydrogen) atoms. The second-order valence-corrected chi connectivity index (χ2v) is 2.60. The minimum absolute atomic E-state index is 0. The summed E-state index contributed by atoms with van der Waals surface area (Å²) in [7, 11) is 0. The SMILES string of the molecule is O=C(O)Cc1cc(C(F)(F)F)ccn1.[H-].[Li+]. The molecule has 0 aromatic carbocycles. The molecule has 0 saturated carbocycles. The van der Waals surface area contributed by atoms with Crippen LogP contribution in [-0.4, -0.2) is 16.1 Å². The van der Waals surface area contributed by atoms with E-state index in [1.54, 1.807) is 0 Å². The fraction of sp³-hybridized carbons (Fsp3) is 0.250. The molecule has 78 valence electrons. The van der Waals surface area contributed by atoms with E-state index in [0.717, 1.165) is 18.3 Å². The number of carbonyl (C=O) groups is 1. The fourth-order valence-corrected chi connectivity index (χ4v) is 0.906. The Kier molecular flexibility index (Phi) is 4.85. The molecule has 0 amide bonds. The average Bonchev–Trinajstić information content (AvgIpc) is 2.01. The van der Waals surface area contributed by atoms with Crippen LogP contribution in [0.2, 0.25) is 0 Å². The fourth-order valence-electron chi connectivity index (χ4n) is 0.906. The first-order valence-corrected chi connectivity index (χ1v) is 3.63. The van der Waals surface area contributed by atoms with E-state index < -0.39 is 24.1 Å². The van der Waals surface area contributed by atoms with Crippen LogP contribution in [-0.2, 0) is 17.4 Å². The number of halogens is 3. The van der Waals surface area contributed by atoms with Crippen LogP contribution in [0, 0.1) is 0 Å². The number of hydrogen-bond donors (Lipinski definition) is 1. The Labute approximate surface area is 97.0 Å². The van der Waals surface area contributed by atoms with Crippen molar-refractivity contribution in [3.63, 3.8) is 0 Å². The molecule has 0 spiro atoms. The quantitative estimate of drug-likeness (QED) is 0.631. The van der Waals surface area contributed by atoms with E-state index in [2.05, 4.69) is 4.98 Å². The van der Waals surface area contributed by atoms with Crippen LogP contribution in [0.5, 0.6) is 0 Å². The number of aromatic nitrogens is 1. The van der Waals surface area contributed by atoms with E-state index in [0.29, 0.717) is 0 Å². The van der Waals surface area contributed by atoms with E-state index in [1.165, 1.54) is 0 Å². The minimum Gasteiger partial charge on any atom is -1.00 e. The van der Waals surface area contributed by atoms with Gasteiger partial charge < -0.3 is 6.53 Å². The van der Waals surface area contributed by atoms with Crippen molar-refractivity contribution in [3.8, 4) is 0 Å². The molecule has 0 radical (unpaired) electrons. The minimum atomic E-state index is -4.46. The van der Waals surface area contributed by atoms with Gasteiger partial charge in [0.25, 0.3) is 0 Å². The summed E-state index contributed by atoms with van der Waals surface area (Å²) in [5, 5.41) is 8.34. The average molecular weight is 213 g/mol. The summed E-state index contributed by atoms with van der Waals surface area (Å²) in [6.45, 7) is 0. The molecule has 0 fully saturated rings. The Morgan fingerprint density at radius 3 is 2.60 bits per heavy atom. The summed E-state index contributed by atoms with van der Waals surface area (Å²) >= 11 is 0. The molecule has 0 bridgehead atoms. The molecule has 0 aliphatic carbocycles. The number of nitrogens with zero attached hydrogens (tertiary/aromatic N) is 1. The van der Waals surface area contributed by atoms with Gasteiger partial charge in [-0.2, -0.15) is 13.2 Å². The Bertz CT molecular complexity index is 359. The molecule has 0 saturated heterocycles. The van der Waals surface area contributed by atoms with Gasteiger partial charge in [0, 0.05) is 6.20 Å². The molecule has 1 aromatic heterocycles. The number of hydrogen-bond acceptors (Lipinski definition) is 2. The summed E-state index contributed by atoms with van der Waals surface area (Å²) in [6, 6.07) is 1.53. The smallest absolute Gasteiger partial charge is 1.00 e. The summed E-state index contributed by atoms with van der Waals surface area (Å²) in [6.07, 6.45) is -4.03. The van der Waals surface area contributed by atoms with Crippen LogP contribution in [0.4, 0.5) is 13.2 Å². The summed E-state index contributed by atoms with van der Waals surface area (Å²) in [4.78, 5) is 13.7. The Balaban J connectivity index is 0. The van der Waals surface area contributed by atoms with Gasteiger partial charge in [0.05, 0.1) is 17.7 Å². The molecule has 7 heteroatoms. The maximum absolute atomic E-state index is 12.1. The third-order valence-electron chi connectivity index (χ3n) is 1.48. The zero-order chi connectivity index (χ0) is 10.8. The van der Waals surface area contributed by atoms with Crippen molar-refractivity contribution >= 4 is 5.97 Å². The number of carboxylic acid groups (broad SMARTS) is 1. The summed E-state index contributed by atoms with van der Waals surface area (Å²) in [5.41, 5.74) is -0.990. The van der Waals surface area contributed by atoms with Gasteiger partial charge in [0.15, 0.2) is 0 Å². The second-order valence-electron chi connectivity index (χ2n) is 2.60. The number of alkyl halides is 3. The Morgan fingerprint density at radius 1 is 1.53 bits per heavy atom. The van der Waals surface area contributed by atoms with Gasteiger partial charge in [-0.3, -0.25) is 9.78 Å². The molecule has 1 heterocycles. The zero-order valence-electron chi connectivity index (χ0n) is 8.88. The monoisotopic (exact) mass is 213 g/mol. The third-order valence-corrected chi connectivity index (χ3v) is 1.48. The van der Waals surface area contributed by atoms with E-state index in [-0.39, 0.29) is 26.0 Å². The van der Waals surface area contributed by atoms with Gasteiger partial charge in [-0.25, -0.2) is 0 Å². The Morgan fingerprint density at radius 2 is 2.13 bits per heavy atom. The van der Waals surface area contributed by atoms with Crippen molar-refractivity contribution in [2.75, 3.05) is 0 Å². The normalized spacial score (nSPS) is 10.6. The van der Waals surface area contributed by atoms with Gasteiger partial charge in [0.2, 0.25) is 0 Å². The van der Waals surface area contributed by atoms with Gasteiger partial charge in [-0.1, -0.05) is 0 Å². The van der Waals surface area contributed by atoms with E-state index in [4.69, 9.17) is 5.11 Å². The van der Waals surface area contributed by atoms with Gasteiger partial charge in [-0.15, -0.1) is 0 Å². The molecule has 0 unspecified atom stereocenters. The molecule has 1 N–H and O–H groups in total. The largest absolute Gasteiger partial charge is 1.00 e. The zero-order valence-corrected chi connectivity index (χ0v) is 7.88. The van der Waals surface area contributed by atoms with E-state index in [1.807, 2.05) is 0 Å². The van der Waals surface area contributed by atoms with Crippen molar-refractivity contribution in [1.82, 2.24) is 4.98 Å². The van der Waals surface area contributed by atoms with Crippen LogP contribution in [0.3, 0.4) is 0 Å². The third kappa shape index (κ3) is 4.36. The van der Waals surface area contributed by atoms with Crippen LogP contribution in [0.25, 0.3) is 0 Å². The van der Waals surface area contributed by atoms with Crippen molar-refractivity contribution in [3.05, 3.63) is 29.6 Å². The topological polar surface area (TPSA) is 50.2 Å².